The van der Waals surface area contributed by atoms with Gasteiger partial charge in [-0.15, -0.1) is 0 Å². The van der Waals surface area contributed by atoms with Crippen LogP contribution < -0.4 is 11.2 Å². The molecule has 0 aliphatic rings. The molecule has 150 valence electrons. The summed E-state index contributed by atoms with van der Waals surface area (Å²) in [5, 5.41) is 32.5. The summed E-state index contributed by atoms with van der Waals surface area (Å²) >= 11 is 0. The van der Waals surface area contributed by atoms with E-state index in [4.69, 9.17) is 14.4 Å². The molecule has 0 aliphatic heterocycles. The monoisotopic (exact) mass is 395 g/mol. The van der Waals surface area contributed by atoms with Crippen LogP contribution in [-0.4, -0.2) is 48.4 Å². The first-order valence-corrected chi connectivity index (χ1v) is 8.30. The van der Waals surface area contributed by atoms with Crippen LogP contribution in [0.5, 0.6) is 0 Å². The third-order valence-electron chi connectivity index (χ3n) is 4.17. The highest BCUT2D eigenvalue weighted by Crippen LogP contribution is 2.21. The summed E-state index contributed by atoms with van der Waals surface area (Å²) < 4.78 is 25.5. The molecule has 0 fully saturated rings. The number of hydrogen-bond acceptors (Lipinski definition) is 8. The van der Waals surface area contributed by atoms with Crippen LogP contribution in [0.4, 0.5) is 4.39 Å². The molecule has 0 saturated carbocycles. The summed E-state index contributed by atoms with van der Waals surface area (Å²) in [6, 6.07) is 5.12. The van der Waals surface area contributed by atoms with Crippen LogP contribution in [0.2, 0.25) is 0 Å². The van der Waals surface area contributed by atoms with E-state index >= 15 is 0 Å². The van der Waals surface area contributed by atoms with Crippen molar-refractivity contribution in [2.75, 3.05) is 6.61 Å². The van der Waals surface area contributed by atoms with Gasteiger partial charge in [0.2, 0.25) is 6.41 Å². The third-order valence-corrected chi connectivity index (χ3v) is 4.17. The predicted molar refractivity (Wildman–Crippen MR) is 92.9 cm³/mol. The maximum atomic E-state index is 14.1. The van der Waals surface area contributed by atoms with Crippen LogP contribution >= 0.6 is 0 Å². The Bertz CT molecular complexity index is 1090. The Morgan fingerprint density at radius 3 is 2.71 bits per heavy atom. The lowest BCUT2D eigenvalue weighted by Crippen LogP contribution is -2.43. The number of aromatic nitrogens is 3. The maximum absolute atomic E-state index is 14.1. The van der Waals surface area contributed by atoms with Gasteiger partial charge in [-0.1, -0.05) is 11.2 Å². The zero-order chi connectivity index (χ0) is 20.4. The molecular weight excluding hydrogens is 377 g/mol. The smallest absolute Gasteiger partial charge is 0.335 e. The third kappa shape index (κ3) is 3.73. The second kappa shape index (κ2) is 8.02. The largest absolute Gasteiger partial charge is 0.394 e. The molecule has 1 aromatic carbocycles. The molecule has 0 aliphatic carbocycles. The molecule has 0 spiro atoms. The van der Waals surface area contributed by atoms with Crippen LogP contribution in [0.1, 0.15) is 19.0 Å². The molecule has 3 atom stereocenters. The highest BCUT2D eigenvalue weighted by atomic mass is 19.1. The topological polar surface area (TPSA) is 140 Å². The van der Waals surface area contributed by atoms with Crippen molar-refractivity contribution in [2.24, 2.45) is 0 Å². The van der Waals surface area contributed by atoms with Crippen molar-refractivity contribution in [3.8, 4) is 0 Å². The van der Waals surface area contributed by atoms with Crippen LogP contribution in [0.3, 0.4) is 0 Å². The van der Waals surface area contributed by atoms with Gasteiger partial charge in [0.25, 0.3) is 5.56 Å². The second-order valence-corrected chi connectivity index (χ2v) is 6.10. The molecule has 10 nitrogen and oxygen atoms in total. The molecule has 2 heterocycles. The van der Waals surface area contributed by atoms with Crippen LogP contribution in [-0.2, 0) is 11.3 Å². The van der Waals surface area contributed by atoms with E-state index in [1.54, 1.807) is 0 Å². The molecule has 0 amide bonds. The number of ether oxygens (including phenoxy) is 1. The molecule has 0 bridgehead atoms. The molecule has 2 aromatic heterocycles. The van der Waals surface area contributed by atoms with Crippen molar-refractivity contribution in [2.45, 2.75) is 32.1 Å². The van der Waals surface area contributed by atoms with E-state index in [2.05, 4.69) is 5.16 Å². The normalized spacial score (nSPS) is 14.9. The van der Waals surface area contributed by atoms with Gasteiger partial charge < -0.3 is 24.6 Å². The molecule has 3 aromatic rings. The van der Waals surface area contributed by atoms with Crippen LogP contribution in [0.15, 0.2) is 44.6 Å². The molecule has 3 N–H and O–H groups in total. The van der Waals surface area contributed by atoms with E-state index in [0.29, 0.717) is 9.13 Å². The number of hydrogen-bond donors (Lipinski definition) is 3. The fourth-order valence-electron chi connectivity index (χ4n) is 2.64. The standard InChI is InChI=1S/C17H18FN3O7/c1-9(23)13(8-22)27-17(26)20-6-5-14(24)21(16(20)25)7-11-15-10(18)3-2-4-12(15)28-19-11/h2-6,9,13,17,22-23,26H,7-8H2,1H3/t9-,13-,17+/m1/s1. The van der Waals surface area contributed by atoms with Gasteiger partial charge in [-0.2, -0.15) is 0 Å². The minimum Gasteiger partial charge on any atom is -0.394 e. The van der Waals surface area contributed by atoms with E-state index in [9.17, 15) is 24.2 Å². The molecular formula is C17H18FN3O7. The number of aliphatic hydroxyl groups is 3. The fourth-order valence-corrected chi connectivity index (χ4v) is 2.64. The zero-order valence-corrected chi connectivity index (χ0v) is 14.7. The Balaban J connectivity index is 1.97. The lowest BCUT2D eigenvalue weighted by Gasteiger charge is -2.23. The van der Waals surface area contributed by atoms with Gasteiger partial charge in [0.15, 0.2) is 5.58 Å². The van der Waals surface area contributed by atoms with Crippen molar-refractivity contribution in [3.63, 3.8) is 0 Å². The Kier molecular flexibility index (Phi) is 5.70. The summed E-state index contributed by atoms with van der Waals surface area (Å²) in [5.74, 6) is -0.621. The average Bonchev–Trinajstić information content (AvgIpc) is 3.07. The van der Waals surface area contributed by atoms with Crippen molar-refractivity contribution < 1.29 is 29.0 Å². The lowest BCUT2D eigenvalue weighted by atomic mass is 10.2. The first kappa shape index (κ1) is 19.9. The molecule has 28 heavy (non-hydrogen) atoms. The van der Waals surface area contributed by atoms with Gasteiger partial charge in [-0.3, -0.25) is 13.9 Å². The average molecular weight is 395 g/mol. The lowest BCUT2D eigenvalue weighted by molar-refractivity contribution is -0.214. The highest BCUT2D eigenvalue weighted by Gasteiger charge is 2.22. The minimum absolute atomic E-state index is 0.0256. The molecule has 11 heteroatoms. The molecule has 3 rings (SSSR count). The van der Waals surface area contributed by atoms with Crippen LogP contribution in [0.25, 0.3) is 11.0 Å². The quantitative estimate of drug-likeness (QED) is 0.457. The highest BCUT2D eigenvalue weighted by molar-refractivity contribution is 5.79. The van der Waals surface area contributed by atoms with Gasteiger partial charge >= 0.3 is 5.69 Å². The maximum Gasteiger partial charge on any atom is 0.335 e. The summed E-state index contributed by atoms with van der Waals surface area (Å²) in [7, 11) is 0. The van der Waals surface area contributed by atoms with Crippen molar-refractivity contribution in [3.05, 3.63) is 62.8 Å². The fraction of sp³-hybridized carbons (Fsp3) is 0.353. The molecule has 0 unspecified atom stereocenters. The van der Waals surface area contributed by atoms with Gasteiger partial charge in [0.05, 0.1) is 24.6 Å². The summed E-state index contributed by atoms with van der Waals surface area (Å²) in [6.07, 6.45) is -3.15. The number of halogens is 1. The predicted octanol–water partition coefficient (Wildman–Crippen LogP) is -0.455. The summed E-state index contributed by atoms with van der Waals surface area (Å²) in [6.45, 7) is 0.327. The first-order chi connectivity index (χ1) is 13.3. The van der Waals surface area contributed by atoms with Gasteiger partial charge in [0, 0.05) is 12.3 Å². The van der Waals surface area contributed by atoms with Crippen LogP contribution in [0, 0.1) is 5.82 Å². The Labute approximate surface area is 156 Å². The van der Waals surface area contributed by atoms with Gasteiger partial charge in [-0.25, -0.2) is 9.18 Å². The Hall–Kier alpha value is -2.86. The second-order valence-electron chi connectivity index (χ2n) is 6.10. The number of aliphatic hydroxyl groups excluding tert-OH is 3. The van der Waals surface area contributed by atoms with E-state index in [-0.39, 0.29) is 16.7 Å². The van der Waals surface area contributed by atoms with Crippen molar-refractivity contribution in [1.82, 2.24) is 14.3 Å². The summed E-state index contributed by atoms with van der Waals surface area (Å²) in [4.78, 5) is 24.8. The first-order valence-electron chi connectivity index (χ1n) is 8.30. The van der Waals surface area contributed by atoms with E-state index in [1.165, 1.54) is 25.1 Å². The number of fused-ring (bicyclic) bond motifs is 1. The molecule has 0 saturated heterocycles. The van der Waals surface area contributed by atoms with Crippen molar-refractivity contribution in [1.29, 1.82) is 0 Å². The number of rotatable bonds is 7. The van der Waals surface area contributed by atoms with E-state index < -0.39 is 48.8 Å². The number of benzene rings is 1. The summed E-state index contributed by atoms with van der Waals surface area (Å²) in [5.41, 5.74) is -1.49. The Morgan fingerprint density at radius 1 is 1.29 bits per heavy atom. The number of nitrogens with zero attached hydrogens (tertiary/aromatic N) is 3. The van der Waals surface area contributed by atoms with Crippen molar-refractivity contribution >= 4 is 11.0 Å². The van der Waals surface area contributed by atoms with E-state index in [1.807, 2.05) is 0 Å². The van der Waals surface area contributed by atoms with E-state index in [0.717, 1.165) is 12.3 Å². The van der Waals surface area contributed by atoms with Gasteiger partial charge in [0.1, 0.15) is 17.6 Å². The zero-order valence-electron chi connectivity index (χ0n) is 14.7. The molecule has 0 radical (unpaired) electrons. The Morgan fingerprint density at radius 2 is 2.04 bits per heavy atom. The van der Waals surface area contributed by atoms with Gasteiger partial charge in [-0.05, 0) is 19.1 Å². The SMILES string of the molecule is C[C@@H](O)[C@@H](CO)O[C@H](O)n1ccc(=O)n(Cc2noc3cccc(F)c23)c1=O. The minimum atomic E-state index is -1.88.